The smallest absolute Gasteiger partial charge is 0.302 e. The van der Waals surface area contributed by atoms with E-state index in [1.807, 2.05) is 0 Å². The maximum Gasteiger partial charge on any atom is 0.406 e. The lowest BCUT2D eigenvalue weighted by molar-refractivity contribution is -0.131. The number of amides is 1. The molecule has 0 radical (unpaired) electrons. The van der Waals surface area contributed by atoms with Crippen molar-refractivity contribution in [1.82, 2.24) is 0 Å². The molecule has 0 fully saturated rings. The van der Waals surface area contributed by atoms with Crippen LogP contribution in [-0.2, 0) is 4.79 Å². The largest absolute Gasteiger partial charge is 0.406 e. The summed E-state index contributed by atoms with van der Waals surface area (Å²) in [5.74, 6) is -1.39. The molecule has 0 aliphatic carbocycles. The topological polar surface area (TPSA) is 37.4 Å². The molecule has 2 aromatic rings. The molecule has 25 heavy (non-hydrogen) atoms. The third kappa shape index (κ3) is 4.83. The van der Waals surface area contributed by atoms with E-state index in [4.69, 9.17) is 11.6 Å². The summed E-state index contributed by atoms with van der Waals surface area (Å²) >= 11 is 8.95. The summed E-state index contributed by atoms with van der Waals surface area (Å²) in [6.45, 7) is -1.52. The van der Waals surface area contributed by atoms with Crippen LogP contribution in [0.3, 0.4) is 0 Å². The predicted molar refractivity (Wildman–Crippen MR) is 93.5 cm³/mol. The Bertz CT molecular complexity index is 781. The zero-order valence-corrected chi connectivity index (χ0v) is 15.0. The highest BCUT2D eigenvalue weighted by Crippen LogP contribution is 2.32. The average Bonchev–Trinajstić information content (AvgIpc) is 2.58. The second-order valence-electron chi connectivity index (χ2n) is 5.06. The molecule has 0 N–H and O–H groups in total. The Labute approximate surface area is 155 Å². The fourth-order valence-electron chi connectivity index (χ4n) is 2.26. The number of carbonyl (C=O) groups excluding carboxylic acids is 2. The van der Waals surface area contributed by atoms with E-state index < -0.39 is 24.4 Å². The maximum absolute atomic E-state index is 12.9. The Hall–Kier alpha value is -1.86. The highest BCUT2D eigenvalue weighted by molar-refractivity contribution is 9.09. The molecular weight excluding hydrogens is 423 g/mol. The van der Waals surface area contributed by atoms with Gasteiger partial charge >= 0.3 is 6.18 Å². The van der Waals surface area contributed by atoms with Gasteiger partial charge in [0.05, 0.1) is 21.6 Å². The molecule has 0 atom stereocenters. The number of hydrogen-bond donors (Lipinski definition) is 0. The van der Waals surface area contributed by atoms with Crippen LogP contribution in [0, 0.1) is 0 Å². The van der Waals surface area contributed by atoms with Crippen molar-refractivity contribution in [2.24, 2.45) is 0 Å². The summed E-state index contributed by atoms with van der Waals surface area (Å²) in [5.41, 5.74) is -0.0628. The second kappa shape index (κ2) is 8.01. The minimum atomic E-state index is -4.63. The van der Waals surface area contributed by atoms with Gasteiger partial charge in [-0.3, -0.25) is 9.59 Å². The van der Waals surface area contributed by atoms with Crippen LogP contribution in [0.25, 0.3) is 0 Å². The standard InChI is InChI=1S/C17H12BrClF3NO2/c18-9-14(24)23(10-17(20,21)22)13-8-4-7-12(19)15(13)16(25)11-5-2-1-3-6-11/h1-8H,9-10H2. The molecule has 3 nitrogen and oxygen atoms in total. The number of benzene rings is 2. The highest BCUT2D eigenvalue weighted by atomic mass is 79.9. The van der Waals surface area contributed by atoms with Gasteiger partial charge in [0.2, 0.25) is 5.91 Å². The predicted octanol–water partition coefficient (Wildman–Crippen LogP) is 4.86. The summed E-state index contributed by atoms with van der Waals surface area (Å²) in [4.78, 5) is 25.3. The van der Waals surface area contributed by atoms with E-state index >= 15 is 0 Å². The van der Waals surface area contributed by atoms with E-state index in [0.717, 1.165) is 0 Å². The zero-order valence-electron chi connectivity index (χ0n) is 12.7. The number of carbonyl (C=O) groups is 2. The summed E-state index contributed by atoms with van der Waals surface area (Å²) in [5, 5.41) is -0.352. The molecule has 0 aliphatic heterocycles. The van der Waals surface area contributed by atoms with Gasteiger partial charge in [-0.1, -0.05) is 63.9 Å². The van der Waals surface area contributed by atoms with E-state index in [-0.39, 0.29) is 27.2 Å². The van der Waals surface area contributed by atoms with Crippen LogP contribution in [0.2, 0.25) is 5.02 Å². The van der Waals surface area contributed by atoms with Crippen molar-refractivity contribution in [3.05, 3.63) is 64.7 Å². The molecule has 0 aromatic heterocycles. The summed E-state index contributed by atoms with van der Waals surface area (Å²) in [6, 6.07) is 12.1. The monoisotopic (exact) mass is 433 g/mol. The first kappa shape index (κ1) is 19.5. The molecule has 0 saturated heterocycles. The fourth-order valence-corrected chi connectivity index (χ4v) is 2.81. The first-order valence-electron chi connectivity index (χ1n) is 7.06. The molecule has 0 unspecified atom stereocenters. The first-order valence-corrected chi connectivity index (χ1v) is 8.56. The molecule has 2 aromatic carbocycles. The lowest BCUT2D eigenvalue weighted by atomic mass is 10.0. The minimum Gasteiger partial charge on any atom is -0.302 e. The Balaban J connectivity index is 2.58. The van der Waals surface area contributed by atoms with Crippen LogP contribution < -0.4 is 4.90 Å². The molecule has 132 valence electrons. The SMILES string of the molecule is O=C(c1ccccc1)c1c(Cl)cccc1N(CC(F)(F)F)C(=O)CBr. The molecule has 1 amide bonds. The van der Waals surface area contributed by atoms with Crippen LogP contribution in [-0.4, -0.2) is 29.7 Å². The number of nitrogens with zero attached hydrogens (tertiary/aromatic N) is 1. The number of hydrogen-bond acceptors (Lipinski definition) is 2. The van der Waals surface area contributed by atoms with Gasteiger partial charge in [0.25, 0.3) is 0 Å². The zero-order chi connectivity index (χ0) is 18.6. The van der Waals surface area contributed by atoms with E-state index in [0.29, 0.717) is 4.90 Å². The van der Waals surface area contributed by atoms with Crippen molar-refractivity contribution in [3.8, 4) is 0 Å². The van der Waals surface area contributed by atoms with E-state index in [9.17, 15) is 22.8 Å². The van der Waals surface area contributed by atoms with Crippen molar-refractivity contribution in [1.29, 1.82) is 0 Å². The summed E-state index contributed by atoms with van der Waals surface area (Å²) in [6.07, 6.45) is -4.63. The Morgan fingerprint density at radius 3 is 2.24 bits per heavy atom. The van der Waals surface area contributed by atoms with Gasteiger partial charge in [-0.25, -0.2) is 0 Å². The fraction of sp³-hybridized carbons (Fsp3) is 0.176. The maximum atomic E-state index is 12.9. The van der Waals surface area contributed by atoms with Gasteiger partial charge < -0.3 is 4.90 Å². The number of halogens is 5. The van der Waals surface area contributed by atoms with Crippen molar-refractivity contribution in [2.75, 3.05) is 16.8 Å². The summed E-state index contributed by atoms with van der Waals surface area (Å²) < 4.78 is 38.8. The molecular formula is C17H12BrClF3NO2. The van der Waals surface area contributed by atoms with Gasteiger partial charge in [-0.2, -0.15) is 13.2 Å². The number of anilines is 1. The Kier molecular flexibility index (Phi) is 6.24. The minimum absolute atomic E-state index is 0.0269. The Morgan fingerprint density at radius 2 is 1.68 bits per heavy atom. The van der Waals surface area contributed by atoms with Crippen molar-refractivity contribution >= 4 is 44.9 Å². The van der Waals surface area contributed by atoms with Crippen LogP contribution in [0.1, 0.15) is 15.9 Å². The quantitative estimate of drug-likeness (QED) is 0.498. The van der Waals surface area contributed by atoms with E-state index in [1.165, 1.54) is 30.3 Å². The van der Waals surface area contributed by atoms with Crippen LogP contribution >= 0.6 is 27.5 Å². The van der Waals surface area contributed by atoms with Crippen molar-refractivity contribution in [3.63, 3.8) is 0 Å². The highest BCUT2D eigenvalue weighted by Gasteiger charge is 2.35. The van der Waals surface area contributed by atoms with Crippen LogP contribution in [0.4, 0.5) is 18.9 Å². The number of ketones is 1. The van der Waals surface area contributed by atoms with Gasteiger partial charge in [-0.15, -0.1) is 0 Å². The van der Waals surface area contributed by atoms with E-state index in [1.54, 1.807) is 18.2 Å². The second-order valence-corrected chi connectivity index (χ2v) is 6.03. The third-order valence-electron chi connectivity index (χ3n) is 3.30. The molecule has 2 rings (SSSR count). The normalized spacial score (nSPS) is 11.2. The molecule has 0 saturated carbocycles. The lowest BCUT2D eigenvalue weighted by Gasteiger charge is -2.26. The molecule has 0 aliphatic rings. The molecule has 0 bridgehead atoms. The lowest BCUT2D eigenvalue weighted by Crippen LogP contribution is -2.40. The van der Waals surface area contributed by atoms with Gasteiger partial charge in [0, 0.05) is 5.56 Å². The first-order chi connectivity index (χ1) is 11.7. The van der Waals surface area contributed by atoms with Gasteiger partial charge in [0.15, 0.2) is 5.78 Å². The van der Waals surface area contributed by atoms with Crippen molar-refractivity contribution in [2.45, 2.75) is 6.18 Å². The van der Waals surface area contributed by atoms with E-state index in [2.05, 4.69) is 15.9 Å². The Morgan fingerprint density at radius 1 is 1.04 bits per heavy atom. The molecule has 0 heterocycles. The van der Waals surface area contributed by atoms with Crippen LogP contribution in [0.5, 0.6) is 0 Å². The summed E-state index contributed by atoms with van der Waals surface area (Å²) in [7, 11) is 0. The number of rotatable bonds is 5. The third-order valence-corrected chi connectivity index (χ3v) is 4.09. The van der Waals surface area contributed by atoms with Gasteiger partial charge in [0.1, 0.15) is 6.54 Å². The van der Waals surface area contributed by atoms with Crippen LogP contribution in [0.15, 0.2) is 48.5 Å². The number of alkyl halides is 4. The van der Waals surface area contributed by atoms with Crippen molar-refractivity contribution < 1.29 is 22.8 Å². The average molecular weight is 435 g/mol. The van der Waals surface area contributed by atoms with Gasteiger partial charge in [-0.05, 0) is 12.1 Å². The molecule has 0 spiro atoms. The molecule has 8 heteroatoms.